The van der Waals surface area contributed by atoms with Gasteiger partial charge in [-0.1, -0.05) is 5.16 Å². The third-order valence-electron chi connectivity index (χ3n) is 0.585. The van der Waals surface area contributed by atoms with Gasteiger partial charge in [0.25, 0.3) is 5.71 Å². The fourth-order valence-electron chi connectivity index (χ4n) is 0.206. The first-order valence-corrected chi connectivity index (χ1v) is 1.96. The smallest absolute Gasteiger partial charge is 0.371 e. The predicted octanol–water partition coefficient (Wildman–Crippen LogP) is -0.487. The Balaban J connectivity index is 4.19. The number of carbonyl (C=O) groups is 1. The van der Waals surface area contributed by atoms with Crippen LogP contribution in [0, 0.1) is 11.3 Å². The van der Waals surface area contributed by atoms with Crippen LogP contribution < -0.4 is 0 Å². The molecule has 1 N–H and O–H groups in total. The summed E-state index contributed by atoms with van der Waals surface area (Å²) in [4.78, 5) is 10.2. The molecule has 0 aromatic heterocycles. The lowest BCUT2D eigenvalue weighted by Gasteiger charge is -1.89. The minimum atomic E-state index is -0.944. The lowest BCUT2D eigenvalue weighted by Crippen LogP contribution is -2.13. The Labute approximate surface area is 51.1 Å². The van der Waals surface area contributed by atoms with Crippen LogP contribution in [0.2, 0.25) is 0 Å². The molecule has 0 radical (unpaired) electrons. The fourth-order valence-corrected chi connectivity index (χ4v) is 0.206. The van der Waals surface area contributed by atoms with Gasteiger partial charge in [-0.2, -0.15) is 5.26 Å². The molecule has 5 heteroatoms. The molecule has 9 heavy (non-hydrogen) atoms. The maximum Gasteiger partial charge on any atom is 0.371 e. The summed E-state index contributed by atoms with van der Waals surface area (Å²) in [5.74, 6) is -0.944. The van der Waals surface area contributed by atoms with E-state index in [0.717, 1.165) is 7.11 Å². The second kappa shape index (κ2) is 3.43. The van der Waals surface area contributed by atoms with Crippen LogP contribution >= 0.6 is 0 Å². The van der Waals surface area contributed by atoms with Crippen LogP contribution in [0.4, 0.5) is 0 Å². The second-order valence-corrected chi connectivity index (χ2v) is 1.05. The van der Waals surface area contributed by atoms with Gasteiger partial charge in [-0.3, -0.25) is 0 Å². The van der Waals surface area contributed by atoms with E-state index >= 15 is 0 Å². The number of nitriles is 1. The van der Waals surface area contributed by atoms with Crippen molar-refractivity contribution >= 4 is 11.7 Å². The van der Waals surface area contributed by atoms with Crippen LogP contribution in [0.3, 0.4) is 0 Å². The van der Waals surface area contributed by atoms with Gasteiger partial charge in [0.2, 0.25) is 0 Å². The molecule has 0 aliphatic heterocycles. The van der Waals surface area contributed by atoms with E-state index in [1.807, 2.05) is 0 Å². The van der Waals surface area contributed by atoms with E-state index in [1.165, 1.54) is 6.07 Å². The van der Waals surface area contributed by atoms with Crippen LogP contribution in [-0.4, -0.2) is 24.0 Å². The van der Waals surface area contributed by atoms with Crippen LogP contribution in [0.25, 0.3) is 0 Å². The first kappa shape index (κ1) is 7.43. The largest absolute Gasteiger partial charge is 0.464 e. The monoisotopic (exact) mass is 128 g/mol. The molecule has 0 aromatic carbocycles. The predicted molar refractivity (Wildman–Crippen MR) is 26.9 cm³/mol. The lowest BCUT2D eigenvalue weighted by atomic mass is 10.4. The Kier molecular flexibility index (Phi) is 2.84. The zero-order chi connectivity index (χ0) is 7.28. The van der Waals surface area contributed by atoms with E-state index in [2.05, 4.69) is 9.89 Å². The van der Waals surface area contributed by atoms with Gasteiger partial charge in [-0.25, -0.2) is 4.79 Å². The molecule has 0 atom stereocenters. The van der Waals surface area contributed by atoms with Crippen molar-refractivity contribution in [2.24, 2.45) is 5.16 Å². The number of nitrogens with zero attached hydrogens (tertiary/aromatic N) is 2. The zero-order valence-corrected chi connectivity index (χ0v) is 4.66. The zero-order valence-electron chi connectivity index (χ0n) is 4.66. The fraction of sp³-hybridized carbons (Fsp3) is 0.250. The van der Waals surface area contributed by atoms with Crippen molar-refractivity contribution in [1.29, 1.82) is 5.26 Å². The highest BCUT2D eigenvalue weighted by atomic mass is 16.5. The van der Waals surface area contributed by atoms with Crippen molar-refractivity contribution < 1.29 is 14.7 Å². The first-order valence-electron chi connectivity index (χ1n) is 1.96. The summed E-state index contributed by atoms with van der Waals surface area (Å²) in [6.07, 6.45) is 0. The van der Waals surface area contributed by atoms with Crippen LogP contribution in [0.15, 0.2) is 5.16 Å². The lowest BCUT2D eigenvalue weighted by molar-refractivity contribution is -0.132. The molecule has 0 aliphatic rings. The summed E-state index contributed by atoms with van der Waals surface area (Å²) >= 11 is 0. The molecule has 0 aromatic rings. The van der Waals surface area contributed by atoms with E-state index in [-0.39, 0.29) is 0 Å². The van der Waals surface area contributed by atoms with Crippen LogP contribution in [0.1, 0.15) is 0 Å². The molecule has 0 aliphatic carbocycles. The normalized spacial score (nSPS) is 10.0. The van der Waals surface area contributed by atoms with Gasteiger partial charge in [-0.05, 0) is 0 Å². The summed E-state index contributed by atoms with van der Waals surface area (Å²) in [5.41, 5.74) is -0.655. The molecule has 0 heterocycles. The van der Waals surface area contributed by atoms with E-state index < -0.39 is 11.7 Å². The summed E-state index contributed by atoms with van der Waals surface area (Å²) in [6, 6.07) is 1.33. The van der Waals surface area contributed by atoms with Crippen molar-refractivity contribution in [3.05, 3.63) is 0 Å². The van der Waals surface area contributed by atoms with Crippen LogP contribution in [-0.2, 0) is 9.53 Å². The molecular formula is C4H4N2O3. The Morgan fingerprint density at radius 3 is 2.56 bits per heavy atom. The molecule has 48 valence electrons. The van der Waals surface area contributed by atoms with Gasteiger partial charge in [-0.15, -0.1) is 0 Å². The van der Waals surface area contributed by atoms with Gasteiger partial charge in [0.05, 0.1) is 7.11 Å². The Morgan fingerprint density at radius 1 is 1.89 bits per heavy atom. The molecule has 0 fully saturated rings. The summed E-state index contributed by atoms with van der Waals surface area (Å²) in [7, 11) is 1.09. The molecule has 5 nitrogen and oxygen atoms in total. The number of hydrogen-bond donors (Lipinski definition) is 1. The number of hydrogen-bond acceptors (Lipinski definition) is 5. The first-order chi connectivity index (χ1) is 4.26. The Bertz CT molecular complexity index is 179. The van der Waals surface area contributed by atoms with E-state index in [4.69, 9.17) is 10.5 Å². The minimum Gasteiger partial charge on any atom is -0.464 e. The van der Waals surface area contributed by atoms with Crippen molar-refractivity contribution in [2.45, 2.75) is 0 Å². The summed E-state index contributed by atoms with van der Waals surface area (Å²) in [5, 5.41) is 18.2. The van der Waals surface area contributed by atoms with Crippen molar-refractivity contribution in [3.8, 4) is 6.07 Å². The molecule has 0 saturated carbocycles. The number of carbonyl (C=O) groups excluding carboxylic acids is 1. The van der Waals surface area contributed by atoms with Gasteiger partial charge >= 0.3 is 5.97 Å². The topological polar surface area (TPSA) is 82.7 Å². The molecule has 0 spiro atoms. The maximum atomic E-state index is 10.2. The number of methoxy groups -OCH3 is 1. The maximum absolute atomic E-state index is 10.2. The molecule has 0 unspecified atom stereocenters. The SMILES string of the molecule is COC(=O)/C(C#N)=N\O. The highest BCUT2D eigenvalue weighted by Crippen LogP contribution is 1.78. The highest BCUT2D eigenvalue weighted by Gasteiger charge is 2.09. The molecule has 0 bridgehead atoms. The van der Waals surface area contributed by atoms with Crippen LogP contribution in [0.5, 0.6) is 0 Å². The third kappa shape index (κ3) is 1.78. The highest BCUT2D eigenvalue weighted by molar-refractivity contribution is 6.42. The van der Waals surface area contributed by atoms with E-state index in [0.29, 0.717) is 0 Å². The van der Waals surface area contributed by atoms with Crippen molar-refractivity contribution in [2.75, 3.05) is 7.11 Å². The van der Waals surface area contributed by atoms with Gasteiger partial charge in [0, 0.05) is 0 Å². The Morgan fingerprint density at radius 2 is 2.44 bits per heavy atom. The van der Waals surface area contributed by atoms with E-state index in [1.54, 1.807) is 0 Å². The van der Waals surface area contributed by atoms with Crippen molar-refractivity contribution in [1.82, 2.24) is 0 Å². The number of rotatable bonds is 1. The average molecular weight is 128 g/mol. The third-order valence-corrected chi connectivity index (χ3v) is 0.585. The van der Waals surface area contributed by atoms with Gasteiger partial charge in [0.15, 0.2) is 0 Å². The van der Waals surface area contributed by atoms with Crippen molar-refractivity contribution in [3.63, 3.8) is 0 Å². The quantitative estimate of drug-likeness (QED) is 0.223. The summed E-state index contributed by atoms with van der Waals surface area (Å²) in [6.45, 7) is 0. The summed E-state index contributed by atoms with van der Waals surface area (Å²) < 4.78 is 4.04. The molecule has 0 amide bonds. The molecule has 0 saturated heterocycles. The molecular weight excluding hydrogens is 124 g/mol. The Hall–Kier alpha value is -1.57. The second-order valence-electron chi connectivity index (χ2n) is 1.05. The number of esters is 1. The van der Waals surface area contributed by atoms with Gasteiger partial charge in [0.1, 0.15) is 6.07 Å². The standard InChI is InChI=1S/C4H4N2O3/c1-9-4(7)3(2-5)6-8/h8H,1H3/b6-3-. The van der Waals surface area contributed by atoms with Gasteiger partial charge < -0.3 is 9.94 Å². The van der Waals surface area contributed by atoms with E-state index in [9.17, 15) is 4.79 Å². The average Bonchev–Trinajstić information content (AvgIpc) is 1.90. The number of oxime groups is 1. The minimum absolute atomic E-state index is 0.655. The molecule has 0 rings (SSSR count). The number of ether oxygens (including phenoxy) is 1.